The number of nitrogens with two attached hydrogens (primary N) is 1. The molecule has 1 heterocycles. The maximum absolute atomic E-state index is 5.90. The van der Waals surface area contributed by atoms with E-state index in [1.54, 1.807) is 0 Å². The van der Waals surface area contributed by atoms with Gasteiger partial charge in [-0.3, -0.25) is 4.90 Å². The van der Waals surface area contributed by atoms with Gasteiger partial charge in [-0.15, -0.1) is 0 Å². The molecule has 84 valence electrons. The van der Waals surface area contributed by atoms with Crippen molar-refractivity contribution in [3.05, 3.63) is 0 Å². The Kier molecular flexibility index (Phi) is 5.45. The van der Waals surface area contributed by atoms with Crippen LogP contribution in [0.15, 0.2) is 0 Å². The van der Waals surface area contributed by atoms with Gasteiger partial charge in [0.1, 0.15) is 0 Å². The lowest BCUT2D eigenvalue weighted by Gasteiger charge is -2.30. The van der Waals surface area contributed by atoms with E-state index in [-0.39, 0.29) is 0 Å². The van der Waals surface area contributed by atoms with Crippen LogP contribution >= 0.6 is 0 Å². The molecule has 2 N–H and O–H groups in total. The molecule has 3 nitrogen and oxygen atoms in total. The van der Waals surface area contributed by atoms with Gasteiger partial charge in [0, 0.05) is 25.7 Å². The second-order valence-electron chi connectivity index (χ2n) is 4.67. The van der Waals surface area contributed by atoms with Crippen LogP contribution < -0.4 is 5.73 Å². The van der Waals surface area contributed by atoms with E-state index in [0.29, 0.717) is 12.0 Å². The first-order valence-electron chi connectivity index (χ1n) is 5.74. The molecule has 1 rings (SSSR count). The van der Waals surface area contributed by atoms with E-state index < -0.39 is 0 Å². The van der Waals surface area contributed by atoms with E-state index in [2.05, 4.69) is 18.7 Å². The van der Waals surface area contributed by atoms with E-state index in [0.717, 1.165) is 26.3 Å². The number of nitrogens with zero attached hydrogens (tertiary/aromatic N) is 1. The van der Waals surface area contributed by atoms with Crippen molar-refractivity contribution >= 4 is 0 Å². The highest BCUT2D eigenvalue weighted by atomic mass is 16.5. The highest BCUT2D eigenvalue weighted by Crippen LogP contribution is 2.07. The number of ether oxygens (including phenoxy) is 1. The Morgan fingerprint density at radius 2 is 2.29 bits per heavy atom. The first kappa shape index (κ1) is 12.0. The molecule has 1 unspecified atom stereocenters. The Bertz CT molecular complexity index is 150. The Labute approximate surface area is 87.6 Å². The van der Waals surface area contributed by atoms with Gasteiger partial charge in [-0.25, -0.2) is 0 Å². The molecule has 0 aromatic carbocycles. The van der Waals surface area contributed by atoms with Gasteiger partial charge in [0.25, 0.3) is 0 Å². The van der Waals surface area contributed by atoms with Crippen molar-refractivity contribution in [2.24, 2.45) is 11.7 Å². The van der Waals surface area contributed by atoms with Crippen LogP contribution in [0.25, 0.3) is 0 Å². The molecule has 1 saturated heterocycles. The van der Waals surface area contributed by atoms with Gasteiger partial charge in [0.2, 0.25) is 0 Å². The minimum absolute atomic E-state index is 0.383. The number of piperidine rings is 1. The molecule has 1 aliphatic rings. The van der Waals surface area contributed by atoms with Crippen LogP contribution in [-0.4, -0.2) is 43.8 Å². The fraction of sp³-hybridized carbons (Fsp3) is 1.00. The predicted octanol–water partition coefficient (Wildman–Crippen LogP) is 1.08. The number of rotatable bonds is 5. The van der Waals surface area contributed by atoms with Crippen LogP contribution in [-0.2, 0) is 4.74 Å². The summed E-state index contributed by atoms with van der Waals surface area (Å²) in [4.78, 5) is 2.41. The normalized spacial score (nSPS) is 24.4. The smallest absolute Gasteiger partial charge is 0.0593 e. The molecule has 0 aliphatic carbocycles. The molecule has 3 heteroatoms. The zero-order valence-corrected chi connectivity index (χ0v) is 9.54. The van der Waals surface area contributed by atoms with Crippen LogP contribution in [0.5, 0.6) is 0 Å². The van der Waals surface area contributed by atoms with Gasteiger partial charge in [-0.2, -0.15) is 0 Å². The summed E-state index contributed by atoms with van der Waals surface area (Å²) in [5.74, 6) is 0.638. The number of hydrogen-bond acceptors (Lipinski definition) is 3. The Morgan fingerprint density at radius 1 is 1.50 bits per heavy atom. The van der Waals surface area contributed by atoms with Gasteiger partial charge in [-0.1, -0.05) is 13.8 Å². The molecule has 1 aliphatic heterocycles. The largest absolute Gasteiger partial charge is 0.380 e. The summed E-state index contributed by atoms with van der Waals surface area (Å²) >= 11 is 0. The van der Waals surface area contributed by atoms with Gasteiger partial charge >= 0.3 is 0 Å². The van der Waals surface area contributed by atoms with Crippen molar-refractivity contribution in [3.63, 3.8) is 0 Å². The first-order valence-corrected chi connectivity index (χ1v) is 5.74. The summed E-state index contributed by atoms with van der Waals surface area (Å²) < 4.78 is 5.55. The third-order valence-corrected chi connectivity index (χ3v) is 2.55. The molecule has 0 spiro atoms. The Balaban J connectivity index is 2.00. The van der Waals surface area contributed by atoms with Crippen molar-refractivity contribution in [1.29, 1.82) is 0 Å². The molecule has 0 aromatic rings. The zero-order chi connectivity index (χ0) is 10.4. The zero-order valence-electron chi connectivity index (χ0n) is 9.54. The fourth-order valence-electron chi connectivity index (χ4n) is 1.81. The van der Waals surface area contributed by atoms with Gasteiger partial charge in [-0.05, 0) is 25.3 Å². The van der Waals surface area contributed by atoms with Crippen molar-refractivity contribution in [2.45, 2.75) is 32.7 Å². The number of hydrogen-bond donors (Lipinski definition) is 1. The SMILES string of the molecule is CC(C)COCCN1CCCC(N)C1. The van der Waals surface area contributed by atoms with Crippen LogP contribution in [0.3, 0.4) is 0 Å². The molecular weight excluding hydrogens is 176 g/mol. The van der Waals surface area contributed by atoms with Gasteiger partial charge in [0.15, 0.2) is 0 Å². The topological polar surface area (TPSA) is 38.5 Å². The second kappa shape index (κ2) is 6.38. The molecule has 0 radical (unpaired) electrons. The minimum atomic E-state index is 0.383. The van der Waals surface area contributed by atoms with Crippen molar-refractivity contribution in [1.82, 2.24) is 4.90 Å². The molecule has 1 atom stereocenters. The molecule has 0 bridgehead atoms. The van der Waals surface area contributed by atoms with Crippen molar-refractivity contribution in [2.75, 3.05) is 32.8 Å². The van der Waals surface area contributed by atoms with Crippen LogP contribution in [0.2, 0.25) is 0 Å². The van der Waals surface area contributed by atoms with Crippen LogP contribution in [0, 0.1) is 5.92 Å². The molecular formula is C11H24N2O. The quantitative estimate of drug-likeness (QED) is 0.675. The first-order chi connectivity index (χ1) is 6.68. The second-order valence-corrected chi connectivity index (χ2v) is 4.67. The molecule has 0 aromatic heterocycles. The van der Waals surface area contributed by atoms with Gasteiger partial charge < -0.3 is 10.5 Å². The fourth-order valence-corrected chi connectivity index (χ4v) is 1.81. The third-order valence-electron chi connectivity index (χ3n) is 2.55. The standard InChI is InChI=1S/C11H24N2O/c1-10(2)9-14-7-6-13-5-3-4-11(12)8-13/h10-11H,3-9,12H2,1-2H3. The van der Waals surface area contributed by atoms with Crippen LogP contribution in [0.1, 0.15) is 26.7 Å². The maximum Gasteiger partial charge on any atom is 0.0593 e. The lowest BCUT2D eigenvalue weighted by atomic mass is 10.1. The highest BCUT2D eigenvalue weighted by molar-refractivity contribution is 4.74. The molecule has 14 heavy (non-hydrogen) atoms. The highest BCUT2D eigenvalue weighted by Gasteiger charge is 2.15. The summed E-state index contributed by atoms with van der Waals surface area (Å²) in [6.07, 6.45) is 2.43. The molecule has 0 amide bonds. The third kappa shape index (κ3) is 4.94. The summed E-state index contributed by atoms with van der Waals surface area (Å²) in [5, 5.41) is 0. The van der Waals surface area contributed by atoms with Crippen molar-refractivity contribution < 1.29 is 4.74 Å². The van der Waals surface area contributed by atoms with E-state index in [9.17, 15) is 0 Å². The summed E-state index contributed by atoms with van der Waals surface area (Å²) in [6, 6.07) is 0.383. The molecule has 0 saturated carbocycles. The minimum Gasteiger partial charge on any atom is -0.380 e. The Morgan fingerprint density at radius 3 is 2.93 bits per heavy atom. The monoisotopic (exact) mass is 200 g/mol. The van der Waals surface area contributed by atoms with E-state index >= 15 is 0 Å². The van der Waals surface area contributed by atoms with E-state index in [1.807, 2.05) is 0 Å². The summed E-state index contributed by atoms with van der Waals surface area (Å²) in [6.45, 7) is 9.36. The average Bonchev–Trinajstić information content (AvgIpc) is 2.12. The average molecular weight is 200 g/mol. The van der Waals surface area contributed by atoms with E-state index in [4.69, 9.17) is 10.5 Å². The van der Waals surface area contributed by atoms with Crippen molar-refractivity contribution in [3.8, 4) is 0 Å². The summed E-state index contributed by atoms with van der Waals surface area (Å²) in [7, 11) is 0. The Hall–Kier alpha value is -0.120. The van der Waals surface area contributed by atoms with E-state index in [1.165, 1.54) is 19.4 Å². The molecule has 1 fully saturated rings. The van der Waals surface area contributed by atoms with Crippen LogP contribution in [0.4, 0.5) is 0 Å². The maximum atomic E-state index is 5.90. The predicted molar refractivity (Wildman–Crippen MR) is 59.3 cm³/mol. The number of likely N-dealkylation sites (tertiary alicyclic amines) is 1. The summed E-state index contributed by atoms with van der Waals surface area (Å²) in [5.41, 5.74) is 5.90. The lowest BCUT2D eigenvalue weighted by molar-refractivity contribution is 0.0774. The lowest BCUT2D eigenvalue weighted by Crippen LogP contribution is -2.44. The van der Waals surface area contributed by atoms with Gasteiger partial charge in [0.05, 0.1) is 6.61 Å².